The highest BCUT2D eigenvalue weighted by Crippen LogP contribution is 2.13. The molecular weight excluding hydrogens is 280 g/mol. The van der Waals surface area contributed by atoms with Gasteiger partial charge in [0.05, 0.1) is 0 Å². The topological polar surface area (TPSA) is 59.1 Å². The molecule has 0 aliphatic carbocycles. The molecule has 0 aliphatic heterocycles. The first-order valence-electron chi connectivity index (χ1n) is 4.36. The average Bonchev–Trinajstić information content (AvgIpc) is 2.00. The molecule has 0 bridgehead atoms. The number of aromatic nitrogens is 1. The van der Waals surface area contributed by atoms with Crippen molar-refractivity contribution in [2.45, 2.75) is 31.3 Å². The summed E-state index contributed by atoms with van der Waals surface area (Å²) in [5, 5.41) is 0.0284. The summed E-state index contributed by atoms with van der Waals surface area (Å²) in [4.78, 5) is 3.84. The van der Waals surface area contributed by atoms with E-state index in [4.69, 9.17) is 0 Å². The summed E-state index contributed by atoms with van der Waals surface area (Å²) in [5.41, 5.74) is -0.506. The maximum Gasteiger partial charge on any atom is 0.258 e. The zero-order chi connectivity index (χ0) is 11.7. The van der Waals surface area contributed by atoms with Gasteiger partial charge in [-0.1, -0.05) is 0 Å². The molecule has 0 saturated carbocycles. The molecule has 0 aromatic carbocycles. The molecule has 0 aliphatic rings. The summed E-state index contributed by atoms with van der Waals surface area (Å²) in [6.07, 6.45) is 1.46. The molecule has 1 rings (SSSR count). The van der Waals surface area contributed by atoms with Gasteiger partial charge in [0.25, 0.3) is 10.0 Å². The van der Waals surface area contributed by atoms with Crippen LogP contribution >= 0.6 is 15.9 Å². The lowest BCUT2D eigenvalue weighted by molar-refractivity contribution is 0.489. The third kappa shape index (κ3) is 3.89. The Kier molecular flexibility index (Phi) is 3.52. The van der Waals surface area contributed by atoms with Gasteiger partial charge >= 0.3 is 0 Å². The Labute approximate surface area is 98.3 Å². The van der Waals surface area contributed by atoms with E-state index in [0.29, 0.717) is 0 Å². The Hall–Kier alpha value is -0.460. The van der Waals surface area contributed by atoms with Crippen molar-refractivity contribution in [2.24, 2.45) is 0 Å². The molecule has 84 valence electrons. The van der Waals surface area contributed by atoms with Crippen LogP contribution in [0, 0.1) is 0 Å². The number of sulfonamides is 1. The number of rotatable bonds is 2. The van der Waals surface area contributed by atoms with Crippen LogP contribution in [0.15, 0.2) is 27.8 Å². The number of nitrogens with zero attached hydrogens (tertiary/aromatic N) is 1. The van der Waals surface area contributed by atoms with Gasteiger partial charge in [-0.15, -0.1) is 0 Å². The van der Waals surface area contributed by atoms with Crippen molar-refractivity contribution >= 4 is 26.0 Å². The van der Waals surface area contributed by atoms with Gasteiger partial charge < -0.3 is 0 Å². The zero-order valence-corrected chi connectivity index (χ0v) is 11.2. The van der Waals surface area contributed by atoms with Crippen molar-refractivity contribution in [1.29, 1.82) is 0 Å². The Morgan fingerprint density at radius 1 is 1.33 bits per heavy atom. The summed E-state index contributed by atoms with van der Waals surface area (Å²) < 4.78 is 26.8. The number of nitrogens with one attached hydrogen (secondary N) is 1. The minimum absolute atomic E-state index is 0.0284. The van der Waals surface area contributed by atoms with E-state index in [9.17, 15) is 8.42 Å². The molecule has 1 aromatic heterocycles. The molecule has 4 nitrogen and oxygen atoms in total. The monoisotopic (exact) mass is 292 g/mol. The van der Waals surface area contributed by atoms with Crippen LogP contribution in [0.25, 0.3) is 0 Å². The maximum atomic E-state index is 11.8. The van der Waals surface area contributed by atoms with Gasteiger partial charge in [0.15, 0.2) is 5.03 Å². The van der Waals surface area contributed by atoms with Gasteiger partial charge in [-0.25, -0.2) is 18.1 Å². The molecule has 15 heavy (non-hydrogen) atoms. The molecule has 0 amide bonds. The van der Waals surface area contributed by atoms with Crippen LogP contribution in [-0.2, 0) is 10.0 Å². The van der Waals surface area contributed by atoms with E-state index in [1.807, 2.05) is 0 Å². The predicted octanol–water partition coefficient (Wildman–Crippen LogP) is 1.92. The minimum Gasteiger partial charge on any atom is -0.242 e. The second-order valence-corrected chi connectivity index (χ2v) is 6.72. The van der Waals surface area contributed by atoms with E-state index in [1.165, 1.54) is 12.3 Å². The lowest BCUT2D eigenvalue weighted by atomic mass is 10.1. The quantitative estimate of drug-likeness (QED) is 0.906. The summed E-state index contributed by atoms with van der Waals surface area (Å²) >= 11 is 3.20. The van der Waals surface area contributed by atoms with Gasteiger partial charge in [-0.05, 0) is 48.8 Å². The molecule has 1 N–H and O–H groups in total. The molecule has 0 saturated heterocycles. The fourth-order valence-corrected chi connectivity index (χ4v) is 2.56. The summed E-state index contributed by atoms with van der Waals surface area (Å²) in [6.45, 7) is 5.34. The van der Waals surface area contributed by atoms with E-state index in [0.717, 1.165) is 4.47 Å². The van der Waals surface area contributed by atoms with Crippen LogP contribution in [-0.4, -0.2) is 18.9 Å². The van der Waals surface area contributed by atoms with Crippen molar-refractivity contribution in [3.8, 4) is 0 Å². The lowest BCUT2D eigenvalue weighted by Gasteiger charge is -2.19. The molecule has 0 atom stereocenters. The van der Waals surface area contributed by atoms with Gasteiger partial charge in [-0.3, -0.25) is 0 Å². The molecule has 6 heteroatoms. The highest BCUT2D eigenvalue weighted by Gasteiger charge is 2.22. The first-order chi connectivity index (χ1) is 6.71. The van der Waals surface area contributed by atoms with Crippen LogP contribution in [0.2, 0.25) is 0 Å². The van der Waals surface area contributed by atoms with Crippen molar-refractivity contribution in [3.05, 3.63) is 22.8 Å². The fourth-order valence-electron chi connectivity index (χ4n) is 0.977. The van der Waals surface area contributed by atoms with Crippen LogP contribution in [0.1, 0.15) is 20.8 Å². The summed E-state index contributed by atoms with van der Waals surface area (Å²) in [5.74, 6) is 0. The Morgan fingerprint density at radius 2 is 1.93 bits per heavy atom. The Balaban J connectivity index is 3.02. The van der Waals surface area contributed by atoms with Gasteiger partial charge in [0.1, 0.15) is 0 Å². The third-order valence-electron chi connectivity index (χ3n) is 1.42. The predicted molar refractivity (Wildman–Crippen MR) is 62.0 cm³/mol. The zero-order valence-electron chi connectivity index (χ0n) is 8.78. The highest BCUT2D eigenvalue weighted by molar-refractivity contribution is 9.10. The van der Waals surface area contributed by atoms with Crippen molar-refractivity contribution < 1.29 is 8.42 Å². The maximum absolute atomic E-state index is 11.8. The molecule has 1 heterocycles. The molecule has 1 aromatic rings. The average molecular weight is 293 g/mol. The van der Waals surface area contributed by atoms with E-state index in [2.05, 4.69) is 25.6 Å². The van der Waals surface area contributed by atoms with Crippen LogP contribution in [0.5, 0.6) is 0 Å². The van der Waals surface area contributed by atoms with Crippen LogP contribution in [0.4, 0.5) is 0 Å². The van der Waals surface area contributed by atoms with E-state index in [1.54, 1.807) is 26.8 Å². The molecule has 0 unspecified atom stereocenters. The SMILES string of the molecule is CC(C)(C)NS(=O)(=O)c1ccc(Br)cn1. The van der Waals surface area contributed by atoms with Crippen LogP contribution in [0.3, 0.4) is 0 Å². The van der Waals surface area contributed by atoms with Gasteiger partial charge in [0, 0.05) is 16.2 Å². The first kappa shape index (κ1) is 12.6. The summed E-state index contributed by atoms with van der Waals surface area (Å²) in [7, 11) is -3.52. The standard InChI is InChI=1S/C9H13BrN2O2S/c1-9(2,3)12-15(13,14)8-5-4-7(10)6-11-8/h4-6,12H,1-3H3. The molecule has 0 fully saturated rings. The first-order valence-corrected chi connectivity index (χ1v) is 6.64. The fraction of sp³-hybridized carbons (Fsp3) is 0.444. The number of pyridine rings is 1. The Morgan fingerprint density at radius 3 is 2.33 bits per heavy atom. The number of halogens is 1. The lowest BCUT2D eigenvalue weighted by Crippen LogP contribution is -2.40. The molecule has 0 spiro atoms. The van der Waals surface area contributed by atoms with Crippen LogP contribution < -0.4 is 4.72 Å². The second kappa shape index (κ2) is 4.19. The van der Waals surface area contributed by atoms with Crippen molar-refractivity contribution in [3.63, 3.8) is 0 Å². The second-order valence-electron chi connectivity index (χ2n) is 4.17. The Bertz CT molecular complexity index is 434. The number of hydrogen-bond acceptors (Lipinski definition) is 3. The normalized spacial score (nSPS) is 12.8. The molecule has 0 radical (unpaired) electrons. The van der Waals surface area contributed by atoms with E-state index >= 15 is 0 Å². The highest BCUT2D eigenvalue weighted by atomic mass is 79.9. The molecular formula is C9H13BrN2O2S. The minimum atomic E-state index is -3.52. The van der Waals surface area contributed by atoms with Crippen molar-refractivity contribution in [2.75, 3.05) is 0 Å². The smallest absolute Gasteiger partial charge is 0.242 e. The number of hydrogen-bond donors (Lipinski definition) is 1. The summed E-state index contributed by atoms with van der Waals surface area (Å²) in [6, 6.07) is 3.10. The largest absolute Gasteiger partial charge is 0.258 e. The van der Waals surface area contributed by atoms with Gasteiger partial charge in [-0.2, -0.15) is 0 Å². The van der Waals surface area contributed by atoms with Crippen molar-refractivity contribution in [1.82, 2.24) is 9.71 Å². The van der Waals surface area contributed by atoms with E-state index < -0.39 is 15.6 Å². The van der Waals surface area contributed by atoms with E-state index in [-0.39, 0.29) is 5.03 Å². The van der Waals surface area contributed by atoms with Gasteiger partial charge in [0.2, 0.25) is 0 Å². The third-order valence-corrected chi connectivity index (χ3v) is 3.56.